The number of piperidine rings is 1. The van der Waals surface area contributed by atoms with Crippen LogP contribution in [0.1, 0.15) is 37.1 Å². The van der Waals surface area contributed by atoms with E-state index in [0.717, 1.165) is 30.3 Å². The number of aryl methyl sites for hydroxylation is 2. The molecule has 1 aliphatic heterocycles. The van der Waals surface area contributed by atoms with E-state index >= 15 is 0 Å². The molecule has 1 aliphatic rings. The molecule has 1 aromatic rings. The topological polar surface area (TPSA) is 47.0 Å². The fourth-order valence-electron chi connectivity index (χ4n) is 2.46. The van der Waals surface area contributed by atoms with Crippen molar-refractivity contribution in [2.24, 2.45) is 5.92 Å². The highest BCUT2D eigenvalue weighted by atomic mass is 35.5. The van der Waals surface area contributed by atoms with E-state index in [1.54, 1.807) is 0 Å². The average Bonchev–Trinajstić information content (AvgIpc) is 2.35. The molecule has 2 heterocycles. The number of nitrogens with one attached hydrogen (secondary N) is 1. The molecule has 5 heteroatoms. The molecule has 1 atom stereocenters. The Morgan fingerprint density at radius 2 is 2.05 bits per heavy atom. The van der Waals surface area contributed by atoms with Gasteiger partial charge in [-0.05, 0) is 64.6 Å². The molecule has 0 amide bonds. The van der Waals surface area contributed by atoms with Crippen molar-refractivity contribution in [1.82, 2.24) is 15.3 Å². The number of ether oxygens (including phenoxy) is 1. The minimum absolute atomic E-state index is 0. The van der Waals surface area contributed by atoms with Gasteiger partial charge in [-0.15, -0.1) is 12.4 Å². The van der Waals surface area contributed by atoms with Gasteiger partial charge in [-0.1, -0.05) is 0 Å². The van der Waals surface area contributed by atoms with Crippen molar-refractivity contribution in [3.05, 3.63) is 17.5 Å². The molecular formula is C14H24ClN3O. The van der Waals surface area contributed by atoms with Crippen LogP contribution in [0.15, 0.2) is 6.07 Å². The first-order valence-corrected chi connectivity index (χ1v) is 6.90. The summed E-state index contributed by atoms with van der Waals surface area (Å²) in [6.07, 6.45) is 4.99. The second-order valence-electron chi connectivity index (χ2n) is 5.14. The lowest BCUT2D eigenvalue weighted by Gasteiger charge is -2.22. The molecule has 0 aromatic carbocycles. The second kappa shape index (κ2) is 8.33. The van der Waals surface area contributed by atoms with Crippen LogP contribution in [0.25, 0.3) is 0 Å². The number of hydrogen-bond donors (Lipinski definition) is 1. The van der Waals surface area contributed by atoms with Gasteiger partial charge < -0.3 is 10.1 Å². The molecular weight excluding hydrogens is 262 g/mol. The monoisotopic (exact) mass is 285 g/mol. The Morgan fingerprint density at radius 1 is 1.32 bits per heavy atom. The highest BCUT2D eigenvalue weighted by molar-refractivity contribution is 5.85. The molecule has 0 saturated carbocycles. The van der Waals surface area contributed by atoms with Gasteiger partial charge in [0.2, 0.25) is 0 Å². The average molecular weight is 286 g/mol. The van der Waals surface area contributed by atoms with E-state index in [9.17, 15) is 0 Å². The number of nitrogens with zero attached hydrogens (tertiary/aromatic N) is 2. The molecule has 1 unspecified atom stereocenters. The number of hydrogen-bond acceptors (Lipinski definition) is 4. The lowest BCUT2D eigenvalue weighted by Crippen LogP contribution is -2.29. The van der Waals surface area contributed by atoms with E-state index in [2.05, 4.69) is 15.3 Å². The normalized spacial score (nSPS) is 18.7. The Labute approximate surface area is 121 Å². The Morgan fingerprint density at radius 3 is 2.68 bits per heavy atom. The fraction of sp³-hybridized carbons (Fsp3) is 0.714. The molecule has 0 bridgehead atoms. The molecule has 4 nitrogen and oxygen atoms in total. The van der Waals surface area contributed by atoms with Gasteiger partial charge in [-0.3, -0.25) is 0 Å². The molecule has 0 spiro atoms. The van der Waals surface area contributed by atoms with Gasteiger partial charge >= 0.3 is 6.01 Å². The Bertz CT molecular complexity index is 361. The Balaban J connectivity index is 0.00000180. The van der Waals surface area contributed by atoms with Gasteiger partial charge in [0, 0.05) is 11.4 Å². The Hall–Kier alpha value is -0.870. The molecule has 1 saturated heterocycles. The third kappa shape index (κ3) is 5.74. The maximum Gasteiger partial charge on any atom is 0.316 e. The zero-order valence-corrected chi connectivity index (χ0v) is 12.6. The summed E-state index contributed by atoms with van der Waals surface area (Å²) in [6.45, 7) is 7.01. The van der Waals surface area contributed by atoms with Crippen LogP contribution in [0.3, 0.4) is 0 Å². The summed E-state index contributed by atoms with van der Waals surface area (Å²) < 4.78 is 5.62. The van der Waals surface area contributed by atoms with Crippen molar-refractivity contribution in [3.8, 4) is 6.01 Å². The summed E-state index contributed by atoms with van der Waals surface area (Å²) in [5.41, 5.74) is 1.93. The van der Waals surface area contributed by atoms with Crippen molar-refractivity contribution in [1.29, 1.82) is 0 Å². The molecule has 2 rings (SSSR count). The first-order chi connectivity index (χ1) is 8.74. The number of halogens is 1. The fourth-order valence-corrected chi connectivity index (χ4v) is 2.46. The maximum absolute atomic E-state index is 5.62. The summed E-state index contributed by atoms with van der Waals surface area (Å²) >= 11 is 0. The summed E-state index contributed by atoms with van der Waals surface area (Å²) in [4.78, 5) is 8.55. The van der Waals surface area contributed by atoms with Gasteiger partial charge in [0.05, 0.1) is 6.61 Å². The highest BCUT2D eigenvalue weighted by Crippen LogP contribution is 2.16. The standard InChI is InChI=1S/C14H23N3O.ClH/c1-11-9-12(2)17-14(16-11)18-8-4-6-13-5-3-7-15-10-13;/h9,13,15H,3-8,10H2,1-2H3;1H. The zero-order valence-electron chi connectivity index (χ0n) is 11.8. The van der Waals surface area contributed by atoms with Crippen LogP contribution in [0.4, 0.5) is 0 Å². The Kier molecular flexibility index (Phi) is 7.10. The van der Waals surface area contributed by atoms with Gasteiger partial charge in [0.25, 0.3) is 0 Å². The maximum atomic E-state index is 5.62. The lowest BCUT2D eigenvalue weighted by molar-refractivity contribution is 0.259. The third-order valence-corrected chi connectivity index (χ3v) is 3.35. The van der Waals surface area contributed by atoms with E-state index < -0.39 is 0 Å². The highest BCUT2D eigenvalue weighted by Gasteiger charge is 2.12. The first kappa shape index (κ1) is 16.2. The van der Waals surface area contributed by atoms with E-state index in [1.165, 1.54) is 32.4 Å². The molecule has 19 heavy (non-hydrogen) atoms. The molecule has 0 radical (unpaired) electrons. The predicted octanol–water partition coefficient (Wildman–Crippen LogP) is 2.67. The summed E-state index contributed by atoms with van der Waals surface area (Å²) in [5, 5.41) is 3.44. The SMILES string of the molecule is Cc1cc(C)nc(OCCCC2CCCNC2)n1.Cl. The quantitative estimate of drug-likeness (QED) is 0.845. The van der Waals surface area contributed by atoms with Crippen LogP contribution < -0.4 is 10.1 Å². The summed E-state index contributed by atoms with van der Waals surface area (Å²) in [7, 11) is 0. The van der Waals surface area contributed by atoms with Crippen molar-refractivity contribution in [2.75, 3.05) is 19.7 Å². The minimum Gasteiger partial charge on any atom is -0.463 e. The van der Waals surface area contributed by atoms with E-state index in [0.29, 0.717) is 6.01 Å². The zero-order chi connectivity index (χ0) is 12.8. The number of aromatic nitrogens is 2. The second-order valence-corrected chi connectivity index (χ2v) is 5.14. The molecule has 1 fully saturated rings. The van der Waals surface area contributed by atoms with E-state index in [1.807, 2.05) is 19.9 Å². The van der Waals surface area contributed by atoms with Crippen LogP contribution in [0.2, 0.25) is 0 Å². The van der Waals surface area contributed by atoms with Crippen molar-refractivity contribution < 1.29 is 4.74 Å². The van der Waals surface area contributed by atoms with Gasteiger partial charge in [0.15, 0.2) is 0 Å². The largest absolute Gasteiger partial charge is 0.463 e. The third-order valence-electron chi connectivity index (χ3n) is 3.35. The first-order valence-electron chi connectivity index (χ1n) is 6.90. The molecule has 1 N–H and O–H groups in total. The van der Waals surface area contributed by atoms with Crippen molar-refractivity contribution >= 4 is 12.4 Å². The van der Waals surface area contributed by atoms with Crippen LogP contribution in [0.5, 0.6) is 6.01 Å². The minimum atomic E-state index is 0. The van der Waals surface area contributed by atoms with Gasteiger partial charge in [-0.2, -0.15) is 0 Å². The number of rotatable bonds is 5. The van der Waals surface area contributed by atoms with Crippen molar-refractivity contribution in [3.63, 3.8) is 0 Å². The smallest absolute Gasteiger partial charge is 0.316 e. The molecule has 0 aliphatic carbocycles. The van der Waals surface area contributed by atoms with Crippen LogP contribution in [-0.2, 0) is 0 Å². The molecule has 108 valence electrons. The van der Waals surface area contributed by atoms with Gasteiger partial charge in [-0.25, -0.2) is 9.97 Å². The van der Waals surface area contributed by atoms with Crippen LogP contribution >= 0.6 is 12.4 Å². The van der Waals surface area contributed by atoms with Crippen LogP contribution in [0, 0.1) is 19.8 Å². The van der Waals surface area contributed by atoms with Gasteiger partial charge in [0.1, 0.15) is 0 Å². The molecule has 1 aromatic heterocycles. The summed E-state index contributed by atoms with van der Waals surface area (Å²) in [6, 6.07) is 2.48. The summed E-state index contributed by atoms with van der Waals surface area (Å²) in [5.74, 6) is 0.822. The predicted molar refractivity (Wildman–Crippen MR) is 79.1 cm³/mol. The van der Waals surface area contributed by atoms with Crippen molar-refractivity contribution in [2.45, 2.75) is 39.5 Å². The lowest BCUT2D eigenvalue weighted by atomic mass is 9.95. The van der Waals surface area contributed by atoms with E-state index in [4.69, 9.17) is 4.74 Å². The van der Waals surface area contributed by atoms with E-state index in [-0.39, 0.29) is 12.4 Å². The van der Waals surface area contributed by atoms with Crippen LogP contribution in [-0.4, -0.2) is 29.7 Å².